The number of halogens is 2. The predicted molar refractivity (Wildman–Crippen MR) is 75.8 cm³/mol. The van der Waals surface area contributed by atoms with E-state index in [9.17, 15) is 9.18 Å². The molecule has 0 saturated carbocycles. The Hall–Kier alpha value is -2.27. The van der Waals surface area contributed by atoms with Gasteiger partial charge in [-0.15, -0.1) is 0 Å². The fourth-order valence-corrected chi connectivity index (χ4v) is 1.85. The molecule has 0 spiro atoms. The van der Waals surface area contributed by atoms with Crippen molar-refractivity contribution in [3.63, 3.8) is 0 Å². The van der Waals surface area contributed by atoms with Gasteiger partial charge in [0.25, 0.3) is 0 Å². The van der Waals surface area contributed by atoms with Gasteiger partial charge in [-0.1, -0.05) is 11.6 Å². The van der Waals surface area contributed by atoms with Gasteiger partial charge in [-0.05, 0) is 36.4 Å². The second-order valence-corrected chi connectivity index (χ2v) is 4.61. The van der Waals surface area contributed by atoms with Crippen molar-refractivity contribution < 1.29 is 13.9 Å². The highest BCUT2D eigenvalue weighted by atomic mass is 35.5. The molecule has 0 aromatic heterocycles. The summed E-state index contributed by atoms with van der Waals surface area (Å²) < 4.78 is 18.1. The smallest absolute Gasteiger partial charge is 0.338 e. The van der Waals surface area contributed by atoms with Crippen LogP contribution in [0.3, 0.4) is 0 Å². The molecule has 4 nitrogen and oxygen atoms in total. The predicted octanol–water partition coefficient (Wildman–Crippen LogP) is 3.00. The van der Waals surface area contributed by atoms with Gasteiger partial charge in [-0.2, -0.15) is 0 Å². The average molecular weight is 295 g/mol. The summed E-state index contributed by atoms with van der Waals surface area (Å²) in [5.74, 6) is -1.06. The molecule has 20 heavy (non-hydrogen) atoms. The number of hydrogen-bond donors (Lipinski definition) is 2. The molecule has 0 aliphatic heterocycles. The second-order valence-electron chi connectivity index (χ2n) is 4.20. The molecule has 4 N–H and O–H groups in total. The van der Waals surface area contributed by atoms with Crippen LogP contribution in [0.2, 0.25) is 5.02 Å². The minimum atomic E-state index is -0.607. The molecule has 0 amide bonds. The monoisotopic (exact) mass is 294 g/mol. The van der Waals surface area contributed by atoms with Crippen molar-refractivity contribution in [2.75, 3.05) is 11.5 Å². The molecule has 2 rings (SSSR count). The molecule has 0 unspecified atom stereocenters. The Labute approximate surface area is 120 Å². The highest BCUT2D eigenvalue weighted by Gasteiger charge is 2.11. The van der Waals surface area contributed by atoms with Gasteiger partial charge in [0.2, 0.25) is 0 Å². The first-order chi connectivity index (χ1) is 9.45. The lowest BCUT2D eigenvalue weighted by Gasteiger charge is -2.08. The summed E-state index contributed by atoms with van der Waals surface area (Å²) in [6.45, 7) is -0.135. The Morgan fingerprint density at radius 1 is 1.15 bits per heavy atom. The molecule has 0 saturated heterocycles. The van der Waals surface area contributed by atoms with Gasteiger partial charge >= 0.3 is 5.97 Å². The molecule has 0 heterocycles. The zero-order valence-electron chi connectivity index (χ0n) is 10.4. The Kier molecular flexibility index (Phi) is 4.10. The molecule has 0 aliphatic rings. The fraction of sp³-hybridized carbons (Fsp3) is 0.0714. The highest BCUT2D eigenvalue weighted by molar-refractivity contribution is 6.31. The number of benzene rings is 2. The third-order valence-electron chi connectivity index (χ3n) is 2.58. The molecule has 0 atom stereocenters. The Morgan fingerprint density at radius 2 is 1.80 bits per heavy atom. The van der Waals surface area contributed by atoms with Crippen LogP contribution in [0, 0.1) is 5.82 Å². The van der Waals surface area contributed by atoms with E-state index < -0.39 is 11.8 Å². The number of ether oxygens (including phenoxy) is 1. The van der Waals surface area contributed by atoms with Crippen LogP contribution < -0.4 is 11.5 Å². The van der Waals surface area contributed by atoms with Crippen LogP contribution in [-0.4, -0.2) is 5.97 Å². The summed E-state index contributed by atoms with van der Waals surface area (Å²) in [5, 5.41) is 0.325. The highest BCUT2D eigenvalue weighted by Crippen LogP contribution is 2.19. The molecular weight excluding hydrogens is 283 g/mol. The van der Waals surface area contributed by atoms with E-state index in [1.165, 1.54) is 36.4 Å². The summed E-state index contributed by atoms with van der Waals surface area (Å²) >= 11 is 5.88. The van der Waals surface area contributed by atoms with Crippen molar-refractivity contribution in [1.29, 1.82) is 0 Å². The van der Waals surface area contributed by atoms with E-state index in [0.717, 1.165) is 0 Å². The molecule has 0 radical (unpaired) electrons. The maximum atomic E-state index is 13.1. The molecule has 104 valence electrons. The Balaban J connectivity index is 2.10. The van der Waals surface area contributed by atoms with Crippen molar-refractivity contribution in [3.05, 3.63) is 58.4 Å². The second kappa shape index (κ2) is 5.79. The average Bonchev–Trinajstić information content (AvgIpc) is 2.38. The van der Waals surface area contributed by atoms with Gasteiger partial charge in [0.15, 0.2) is 0 Å². The first-order valence-electron chi connectivity index (χ1n) is 5.73. The number of rotatable bonds is 3. The zero-order chi connectivity index (χ0) is 14.7. The van der Waals surface area contributed by atoms with E-state index in [1.807, 2.05) is 0 Å². The molecule has 0 bridgehead atoms. The maximum absolute atomic E-state index is 13.1. The van der Waals surface area contributed by atoms with Gasteiger partial charge in [0.05, 0.1) is 5.56 Å². The lowest BCUT2D eigenvalue weighted by molar-refractivity contribution is 0.0472. The quantitative estimate of drug-likeness (QED) is 0.674. The molecule has 6 heteroatoms. The first-order valence-corrected chi connectivity index (χ1v) is 6.10. The molecule has 2 aromatic carbocycles. The maximum Gasteiger partial charge on any atom is 0.338 e. The van der Waals surface area contributed by atoms with Crippen molar-refractivity contribution in [2.24, 2.45) is 0 Å². The summed E-state index contributed by atoms with van der Waals surface area (Å²) in [5.41, 5.74) is 12.5. The minimum absolute atomic E-state index is 0.135. The third kappa shape index (κ3) is 3.39. The van der Waals surface area contributed by atoms with Gasteiger partial charge < -0.3 is 16.2 Å². The fourth-order valence-electron chi connectivity index (χ4n) is 1.67. The Morgan fingerprint density at radius 3 is 2.45 bits per heavy atom. The van der Waals surface area contributed by atoms with Crippen LogP contribution in [0.25, 0.3) is 0 Å². The van der Waals surface area contributed by atoms with E-state index in [2.05, 4.69) is 0 Å². The molecular formula is C14H12ClFN2O2. The van der Waals surface area contributed by atoms with E-state index in [-0.39, 0.29) is 12.2 Å². The van der Waals surface area contributed by atoms with Gasteiger partial charge in [0.1, 0.15) is 12.4 Å². The summed E-state index contributed by atoms with van der Waals surface area (Å²) in [6, 6.07) is 8.27. The summed E-state index contributed by atoms with van der Waals surface area (Å²) in [4.78, 5) is 11.8. The van der Waals surface area contributed by atoms with E-state index in [1.54, 1.807) is 0 Å². The number of nitrogen functional groups attached to an aromatic ring is 2. The van der Waals surface area contributed by atoms with Crippen LogP contribution in [-0.2, 0) is 11.3 Å². The number of carbonyl (C=O) groups is 1. The van der Waals surface area contributed by atoms with E-state index in [4.69, 9.17) is 27.8 Å². The van der Waals surface area contributed by atoms with Crippen molar-refractivity contribution in [2.45, 2.75) is 6.61 Å². The SMILES string of the molecule is Nc1cc(N)cc(C(=O)OCc2cc(F)ccc2Cl)c1. The van der Waals surface area contributed by atoms with Crippen LogP contribution in [0.5, 0.6) is 0 Å². The molecule has 0 fully saturated rings. The topological polar surface area (TPSA) is 78.3 Å². The standard InChI is InChI=1S/C14H12ClFN2O2/c15-13-2-1-10(16)3-9(13)7-20-14(19)8-4-11(17)6-12(18)5-8/h1-6H,7,17-18H2. The largest absolute Gasteiger partial charge is 0.457 e. The van der Waals surface area contributed by atoms with Crippen LogP contribution in [0.4, 0.5) is 15.8 Å². The van der Waals surface area contributed by atoms with Gasteiger partial charge in [-0.25, -0.2) is 9.18 Å². The lowest BCUT2D eigenvalue weighted by Crippen LogP contribution is -2.07. The lowest BCUT2D eigenvalue weighted by atomic mass is 10.2. The van der Waals surface area contributed by atoms with Crippen LogP contribution in [0.1, 0.15) is 15.9 Å². The number of nitrogens with two attached hydrogens (primary N) is 2. The number of hydrogen-bond acceptors (Lipinski definition) is 4. The third-order valence-corrected chi connectivity index (χ3v) is 2.95. The molecule has 2 aromatic rings. The van der Waals surface area contributed by atoms with Crippen LogP contribution in [0.15, 0.2) is 36.4 Å². The number of anilines is 2. The normalized spacial score (nSPS) is 10.3. The van der Waals surface area contributed by atoms with Gasteiger partial charge in [0, 0.05) is 22.0 Å². The van der Waals surface area contributed by atoms with Crippen molar-refractivity contribution in [3.8, 4) is 0 Å². The summed E-state index contributed by atoms with van der Waals surface area (Å²) in [6.07, 6.45) is 0. The number of carbonyl (C=O) groups excluding carboxylic acids is 1. The van der Waals surface area contributed by atoms with Crippen molar-refractivity contribution in [1.82, 2.24) is 0 Å². The minimum Gasteiger partial charge on any atom is -0.457 e. The Bertz CT molecular complexity index is 641. The first kappa shape index (κ1) is 14.1. The van der Waals surface area contributed by atoms with E-state index >= 15 is 0 Å². The summed E-state index contributed by atoms with van der Waals surface area (Å²) in [7, 11) is 0. The van der Waals surface area contributed by atoms with E-state index in [0.29, 0.717) is 22.0 Å². The van der Waals surface area contributed by atoms with Crippen molar-refractivity contribution >= 4 is 28.9 Å². The molecule has 0 aliphatic carbocycles. The van der Waals surface area contributed by atoms with Gasteiger partial charge in [-0.3, -0.25) is 0 Å². The number of esters is 1. The zero-order valence-corrected chi connectivity index (χ0v) is 11.2. The van der Waals surface area contributed by atoms with Crippen LogP contribution >= 0.6 is 11.6 Å².